The topological polar surface area (TPSA) is 46.9 Å². The summed E-state index contributed by atoms with van der Waals surface area (Å²) in [5, 5.41) is 7.50. The highest BCUT2D eigenvalue weighted by atomic mass is 79.9. The van der Waals surface area contributed by atoms with Crippen molar-refractivity contribution in [1.82, 2.24) is 9.78 Å². The number of carbonyl (C=O) groups excluding carboxylic acids is 1. The Balaban J connectivity index is 1.63. The molecular weight excluding hydrogens is 390 g/mol. The molecule has 0 unspecified atom stereocenters. The monoisotopic (exact) mass is 403 g/mol. The third kappa shape index (κ3) is 4.24. The van der Waals surface area contributed by atoms with E-state index in [1.165, 1.54) is 5.56 Å². The van der Waals surface area contributed by atoms with Gasteiger partial charge in [0.15, 0.2) is 0 Å². The second kappa shape index (κ2) is 7.64. The molecule has 24 heavy (non-hydrogen) atoms. The summed E-state index contributed by atoms with van der Waals surface area (Å²) in [6, 6.07) is 15.4. The molecule has 3 aromatic rings. The van der Waals surface area contributed by atoms with Gasteiger partial charge in [-0.15, -0.1) is 0 Å². The van der Waals surface area contributed by atoms with E-state index in [1.807, 2.05) is 29.1 Å². The Bertz CT molecular complexity index is 848. The van der Waals surface area contributed by atoms with Crippen LogP contribution in [0.2, 0.25) is 5.02 Å². The summed E-state index contributed by atoms with van der Waals surface area (Å²) in [5.41, 5.74) is 2.31. The van der Waals surface area contributed by atoms with Gasteiger partial charge in [-0.2, -0.15) is 5.10 Å². The first-order chi connectivity index (χ1) is 11.6. The van der Waals surface area contributed by atoms with Crippen LogP contribution in [0.3, 0.4) is 0 Å². The number of nitrogens with one attached hydrogen (secondary N) is 1. The zero-order valence-corrected chi connectivity index (χ0v) is 15.1. The molecule has 0 aliphatic heterocycles. The van der Waals surface area contributed by atoms with Crippen LogP contribution in [0.4, 0.5) is 5.69 Å². The molecule has 122 valence electrons. The number of nitrogens with zero attached hydrogens (tertiary/aromatic N) is 2. The average molecular weight is 405 g/mol. The van der Waals surface area contributed by atoms with Gasteiger partial charge in [-0.05, 0) is 30.2 Å². The van der Waals surface area contributed by atoms with Crippen molar-refractivity contribution in [1.29, 1.82) is 0 Å². The molecule has 1 aromatic heterocycles. The zero-order chi connectivity index (χ0) is 16.9. The Morgan fingerprint density at radius 2 is 2.00 bits per heavy atom. The zero-order valence-electron chi connectivity index (χ0n) is 12.7. The van der Waals surface area contributed by atoms with Crippen molar-refractivity contribution in [2.75, 3.05) is 5.32 Å². The lowest BCUT2D eigenvalue weighted by atomic mass is 10.1. The third-order valence-corrected chi connectivity index (χ3v) is 4.36. The van der Waals surface area contributed by atoms with Crippen LogP contribution in [0, 0.1) is 0 Å². The van der Waals surface area contributed by atoms with E-state index in [0.29, 0.717) is 16.3 Å². The summed E-state index contributed by atoms with van der Waals surface area (Å²) in [6.45, 7) is 0.748. The van der Waals surface area contributed by atoms with Gasteiger partial charge >= 0.3 is 0 Å². The van der Waals surface area contributed by atoms with Gasteiger partial charge in [0, 0.05) is 17.2 Å². The number of hydrogen-bond acceptors (Lipinski definition) is 2. The van der Waals surface area contributed by atoms with E-state index in [4.69, 9.17) is 11.6 Å². The number of aryl methyl sites for hydroxylation is 2. The number of carbonyl (C=O) groups is 1. The van der Waals surface area contributed by atoms with Crippen LogP contribution < -0.4 is 5.32 Å². The van der Waals surface area contributed by atoms with Gasteiger partial charge in [0.1, 0.15) is 0 Å². The Hall–Kier alpha value is -2.11. The Kier molecular flexibility index (Phi) is 5.33. The van der Waals surface area contributed by atoms with Gasteiger partial charge < -0.3 is 5.32 Å². The van der Waals surface area contributed by atoms with Crippen LogP contribution in [0.15, 0.2) is 65.4 Å². The molecule has 0 spiro atoms. The van der Waals surface area contributed by atoms with Crippen LogP contribution in [0.1, 0.15) is 15.9 Å². The highest BCUT2D eigenvalue weighted by Gasteiger charge is 2.12. The molecule has 0 radical (unpaired) electrons. The molecule has 2 aromatic carbocycles. The lowest BCUT2D eigenvalue weighted by Crippen LogP contribution is -2.12. The van der Waals surface area contributed by atoms with Crippen molar-refractivity contribution in [3.8, 4) is 0 Å². The minimum Gasteiger partial charge on any atom is -0.319 e. The summed E-state index contributed by atoms with van der Waals surface area (Å²) in [4.78, 5) is 12.3. The average Bonchev–Trinajstić information content (AvgIpc) is 3.03. The quantitative estimate of drug-likeness (QED) is 0.664. The number of rotatable bonds is 5. The fourth-order valence-electron chi connectivity index (χ4n) is 2.31. The first-order valence-corrected chi connectivity index (χ1v) is 8.62. The molecular formula is C18H15BrClN3O. The molecule has 1 N–H and O–H groups in total. The largest absolute Gasteiger partial charge is 0.319 e. The van der Waals surface area contributed by atoms with Gasteiger partial charge in [0.25, 0.3) is 5.91 Å². The van der Waals surface area contributed by atoms with Gasteiger partial charge in [-0.25, -0.2) is 0 Å². The van der Waals surface area contributed by atoms with Crippen molar-refractivity contribution >= 4 is 39.1 Å². The van der Waals surface area contributed by atoms with Crippen molar-refractivity contribution in [2.45, 2.75) is 13.0 Å². The standard InChI is InChI=1S/C18H15BrClN3O/c19-14-6-7-17(20)16(10-14)18(24)22-15-11-21-23(12-15)9-8-13-4-2-1-3-5-13/h1-7,10-12H,8-9H2,(H,22,24). The van der Waals surface area contributed by atoms with Crippen LogP contribution >= 0.6 is 27.5 Å². The van der Waals surface area contributed by atoms with Crippen molar-refractivity contribution < 1.29 is 4.79 Å². The number of aromatic nitrogens is 2. The molecule has 0 saturated carbocycles. The van der Waals surface area contributed by atoms with E-state index in [-0.39, 0.29) is 5.91 Å². The number of benzene rings is 2. The Morgan fingerprint density at radius 1 is 1.21 bits per heavy atom. The molecule has 1 amide bonds. The highest BCUT2D eigenvalue weighted by molar-refractivity contribution is 9.10. The maximum Gasteiger partial charge on any atom is 0.257 e. The number of hydrogen-bond donors (Lipinski definition) is 1. The SMILES string of the molecule is O=C(Nc1cnn(CCc2ccccc2)c1)c1cc(Br)ccc1Cl. The summed E-state index contributed by atoms with van der Waals surface area (Å²) in [5.74, 6) is -0.260. The second-order valence-electron chi connectivity index (χ2n) is 5.31. The minimum absolute atomic E-state index is 0.260. The smallest absolute Gasteiger partial charge is 0.257 e. The molecule has 0 bridgehead atoms. The minimum atomic E-state index is -0.260. The maximum absolute atomic E-state index is 12.3. The lowest BCUT2D eigenvalue weighted by molar-refractivity contribution is 0.102. The maximum atomic E-state index is 12.3. The molecule has 0 fully saturated rings. The molecule has 0 aliphatic carbocycles. The van der Waals surface area contributed by atoms with E-state index in [0.717, 1.165) is 17.4 Å². The van der Waals surface area contributed by atoms with E-state index in [2.05, 4.69) is 38.5 Å². The first kappa shape index (κ1) is 16.7. The number of amides is 1. The summed E-state index contributed by atoms with van der Waals surface area (Å²) in [6.07, 6.45) is 4.33. The number of anilines is 1. The fourth-order valence-corrected chi connectivity index (χ4v) is 2.87. The van der Waals surface area contributed by atoms with Crippen LogP contribution in [0.25, 0.3) is 0 Å². The summed E-state index contributed by atoms with van der Waals surface area (Å²) in [7, 11) is 0. The fraction of sp³-hybridized carbons (Fsp3) is 0.111. The van der Waals surface area contributed by atoms with E-state index >= 15 is 0 Å². The first-order valence-electron chi connectivity index (χ1n) is 7.44. The molecule has 0 atom stereocenters. The summed E-state index contributed by atoms with van der Waals surface area (Å²) >= 11 is 9.42. The summed E-state index contributed by atoms with van der Waals surface area (Å²) < 4.78 is 2.61. The van der Waals surface area contributed by atoms with Gasteiger partial charge in [-0.3, -0.25) is 9.48 Å². The van der Waals surface area contributed by atoms with E-state index < -0.39 is 0 Å². The number of halogens is 2. The van der Waals surface area contributed by atoms with E-state index in [9.17, 15) is 4.79 Å². The predicted molar refractivity (Wildman–Crippen MR) is 99.5 cm³/mol. The Labute approximate surface area is 153 Å². The van der Waals surface area contributed by atoms with Gasteiger partial charge in [0.05, 0.1) is 22.5 Å². The van der Waals surface area contributed by atoms with Crippen molar-refractivity contribution in [2.24, 2.45) is 0 Å². The highest BCUT2D eigenvalue weighted by Crippen LogP contribution is 2.22. The molecule has 0 saturated heterocycles. The van der Waals surface area contributed by atoms with Crippen molar-refractivity contribution in [3.63, 3.8) is 0 Å². The third-order valence-electron chi connectivity index (χ3n) is 3.54. The molecule has 3 rings (SSSR count). The lowest BCUT2D eigenvalue weighted by Gasteiger charge is -2.05. The Morgan fingerprint density at radius 3 is 2.79 bits per heavy atom. The van der Waals surface area contributed by atoms with Crippen molar-refractivity contribution in [3.05, 3.63) is 81.5 Å². The molecule has 6 heteroatoms. The van der Waals surface area contributed by atoms with Gasteiger partial charge in [-0.1, -0.05) is 57.9 Å². The van der Waals surface area contributed by atoms with Crippen LogP contribution in [-0.4, -0.2) is 15.7 Å². The second-order valence-corrected chi connectivity index (χ2v) is 6.63. The van der Waals surface area contributed by atoms with E-state index in [1.54, 1.807) is 24.4 Å². The predicted octanol–water partition coefficient (Wildman–Crippen LogP) is 4.79. The van der Waals surface area contributed by atoms with Crippen LogP contribution in [0.5, 0.6) is 0 Å². The molecule has 4 nitrogen and oxygen atoms in total. The van der Waals surface area contributed by atoms with Crippen LogP contribution in [-0.2, 0) is 13.0 Å². The normalized spacial score (nSPS) is 10.6. The van der Waals surface area contributed by atoms with Gasteiger partial charge in [0.2, 0.25) is 0 Å². The molecule has 0 aliphatic rings. The molecule has 1 heterocycles.